The zero-order chi connectivity index (χ0) is 13.5. The zero-order valence-electron chi connectivity index (χ0n) is 11.0. The third-order valence-corrected chi connectivity index (χ3v) is 3.10. The van der Waals surface area contributed by atoms with Crippen molar-refractivity contribution in [2.45, 2.75) is 25.8 Å². The van der Waals surface area contributed by atoms with Crippen LogP contribution in [0.1, 0.15) is 19.8 Å². The molecule has 1 heterocycles. The summed E-state index contributed by atoms with van der Waals surface area (Å²) in [4.78, 5) is 25.2. The fourth-order valence-electron chi connectivity index (χ4n) is 1.99. The minimum Gasteiger partial charge on any atom is -0.396 e. The van der Waals surface area contributed by atoms with E-state index in [1.165, 1.54) is 0 Å². The maximum atomic E-state index is 11.9. The summed E-state index contributed by atoms with van der Waals surface area (Å²) in [5.41, 5.74) is 0. The van der Waals surface area contributed by atoms with Crippen LogP contribution in [0.2, 0.25) is 0 Å². The highest BCUT2D eigenvalue weighted by Gasteiger charge is 2.34. The first-order valence-electron chi connectivity index (χ1n) is 6.26. The van der Waals surface area contributed by atoms with Crippen molar-refractivity contribution in [3.8, 4) is 0 Å². The van der Waals surface area contributed by atoms with Crippen LogP contribution in [0.25, 0.3) is 0 Å². The molecule has 18 heavy (non-hydrogen) atoms. The van der Waals surface area contributed by atoms with Crippen LogP contribution in [0, 0.1) is 5.92 Å². The van der Waals surface area contributed by atoms with Crippen molar-refractivity contribution < 1.29 is 19.4 Å². The number of aliphatic hydroxyl groups excluding tert-OH is 1. The second-order valence-electron chi connectivity index (χ2n) is 4.66. The predicted octanol–water partition coefficient (Wildman–Crippen LogP) is -0.632. The summed E-state index contributed by atoms with van der Waals surface area (Å²) in [5, 5.41) is 11.6. The molecule has 1 saturated heterocycles. The molecule has 1 fully saturated rings. The number of carbonyl (C=O) groups is 2. The molecule has 0 saturated carbocycles. The van der Waals surface area contributed by atoms with E-state index in [-0.39, 0.29) is 36.8 Å². The number of amides is 2. The topological polar surface area (TPSA) is 78.9 Å². The molecule has 2 amide bonds. The van der Waals surface area contributed by atoms with Crippen molar-refractivity contribution in [3.63, 3.8) is 0 Å². The number of hydrogen-bond donors (Lipinski definition) is 2. The van der Waals surface area contributed by atoms with Gasteiger partial charge in [-0.2, -0.15) is 0 Å². The number of nitrogens with one attached hydrogen (secondary N) is 1. The summed E-state index contributed by atoms with van der Waals surface area (Å²) in [6.45, 7) is 3.37. The Morgan fingerprint density at radius 1 is 1.67 bits per heavy atom. The lowest BCUT2D eigenvalue weighted by atomic mass is 10.1. The molecular formula is C12H22N2O4. The third kappa shape index (κ3) is 4.27. The molecule has 104 valence electrons. The largest absolute Gasteiger partial charge is 0.396 e. The molecular weight excluding hydrogens is 236 g/mol. The van der Waals surface area contributed by atoms with Gasteiger partial charge in [0.2, 0.25) is 11.8 Å². The smallest absolute Gasteiger partial charge is 0.225 e. The molecule has 0 aromatic heterocycles. The molecule has 2 atom stereocenters. The molecule has 1 aliphatic rings. The van der Waals surface area contributed by atoms with Gasteiger partial charge in [0.1, 0.15) is 0 Å². The number of rotatable bonds is 7. The minimum absolute atomic E-state index is 0.00186. The van der Waals surface area contributed by atoms with Crippen LogP contribution in [0.3, 0.4) is 0 Å². The maximum absolute atomic E-state index is 11.9. The SMILES string of the molecule is COCCN1CC(C(=O)NC(C)CCO)CC1=O. The minimum atomic E-state index is -0.282. The van der Waals surface area contributed by atoms with Gasteiger partial charge in [-0.1, -0.05) is 0 Å². The molecule has 2 N–H and O–H groups in total. The van der Waals surface area contributed by atoms with Crippen LogP contribution in [0.5, 0.6) is 0 Å². The van der Waals surface area contributed by atoms with Crippen molar-refractivity contribution in [1.29, 1.82) is 0 Å². The lowest BCUT2D eigenvalue weighted by molar-refractivity contribution is -0.129. The number of methoxy groups -OCH3 is 1. The highest BCUT2D eigenvalue weighted by molar-refractivity contribution is 5.89. The molecule has 2 unspecified atom stereocenters. The van der Waals surface area contributed by atoms with Crippen molar-refractivity contribution in [1.82, 2.24) is 10.2 Å². The lowest BCUT2D eigenvalue weighted by Crippen LogP contribution is -2.39. The van der Waals surface area contributed by atoms with Gasteiger partial charge in [-0.25, -0.2) is 0 Å². The van der Waals surface area contributed by atoms with E-state index >= 15 is 0 Å². The summed E-state index contributed by atoms with van der Waals surface area (Å²) >= 11 is 0. The second-order valence-corrected chi connectivity index (χ2v) is 4.66. The lowest BCUT2D eigenvalue weighted by Gasteiger charge is -2.17. The van der Waals surface area contributed by atoms with E-state index in [1.807, 2.05) is 6.92 Å². The highest BCUT2D eigenvalue weighted by atomic mass is 16.5. The number of likely N-dealkylation sites (tertiary alicyclic amines) is 1. The average molecular weight is 258 g/mol. The van der Waals surface area contributed by atoms with Crippen LogP contribution in [-0.4, -0.2) is 61.3 Å². The van der Waals surface area contributed by atoms with Crippen molar-refractivity contribution in [2.75, 3.05) is 33.4 Å². The fourth-order valence-corrected chi connectivity index (χ4v) is 1.99. The van der Waals surface area contributed by atoms with Gasteiger partial charge in [-0.15, -0.1) is 0 Å². The zero-order valence-corrected chi connectivity index (χ0v) is 11.0. The summed E-state index contributed by atoms with van der Waals surface area (Å²) in [7, 11) is 1.58. The molecule has 0 aromatic carbocycles. The Kier molecular flexibility index (Phi) is 6.07. The highest BCUT2D eigenvalue weighted by Crippen LogP contribution is 2.17. The normalized spacial score (nSPS) is 21.2. The number of nitrogens with zero attached hydrogens (tertiary/aromatic N) is 1. The Morgan fingerprint density at radius 3 is 3.00 bits per heavy atom. The molecule has 6 heteroatoms. The molecule has 6 nitrogen and oxygen atoms in total. The molecule has 0 aliphatic carbocycles. The molecule has 0 spiro atoms. The Hall–Kier alpha value is -1.14. The van der Waals surface area contributed by atoms with Gasteiger partial charge in [0.05, 0.1) is 12.5 Å². The monoisotopic (exact) mass is 258 g/mol. The van der Waals surface area contributed by atoms with Gasteiger partial charge in [-0.3, -0.25) is 9.59 Å². The average Bonchev–Trinajstić information content (AvgIpc) is 2.68. The van der Waals surface area contributed by atoms with Crippen LogP contribution in [0.4, 0.5) is 0 Å². The van der Waals surface area contributed by atoms with E-state index in [2.05, 4.69) is 5.32 Å². The Bertz CT molecular complexity index is 296. The van der Waals surface area contributed by atoms with Crippen LogP contribution in [0.15, 0.2) is 0 Å². The number of carbonyl (C=O) groups excluding carboxylic acids is 2. The van der Waals surface area contributed by atoms with E-state index in [0.717, 1.165) is 0 Å². The summed E-state index contributed by atoms with van der Waals surface area (Å²) in [6.07, 6.45) is 0.793. The summed E-state index contributed by atoms with van der Waals surface area (Å²) in [5.74, 6) is -0.387. The van der Waals surface area contributed by atoms with Gasteiger partial charge < -0.3 is 20.1 Å². The molecule has 1 rings (SSSR count). The first-order valence-corrected chi connectivity index (χ1v) is 6.26. The number of ether oxygens (including phenoxy) is 1. The van der Waals surface area contributed by atoms with Gasteiger partial charge >= 0.3 is 0 Å². The van der Waals surface area contributed by atoms with Gasteiger partial charge in [-0.05, 0) is 13.3 Å². The van der Waals surface area contributed by atoms with E-state index in [0.29, 0.717) is 26.1 Å². The van der Waals surface area contributed by atoms with Gasteiger partial charge in [0.25, 0.3) is 0 Å². The third-order valence-electron chi connectivity index (χ3n) is 3.10. The van der Waals surface area contributed by atoms with Crippen molar-refractivity contribution >= 4 is 11.8 Å². The second kappa shape index (κ2) is 7.33. The van der Waals surface area contributed by atoms with Crippen LogP contribution in [-0.2, 0) is 14.3 Å². The van der Waals surface area contributed by atoms with E-state index in [9.17, 15) is 9.59 Å². The molecule has 0 radical (unpaired) electrons. The van der Waals surface area contributed by atoms with E-state index in [1.54, 1.807) is 12.0 Å². The molecule has 0 bridgehead atoms. The summed E-state index contributed by atoms with van der Waals surface area (Å²) < 4.78 is 4.92. The fraction of sp³-hybridized carbons (Fsp3) is 0.833. The first kappa shape index (κ1) is 14.9. The molecule has 0 aromatic rings. The Labute approximate surface area is 107 Å². The Morgan fingerprint density at radius 2 is 2.39 bits per heavy atom. The number of aliphatic hydroxyl groups is 1. The predicted molar refractivity (Wildman–Crippen MR) is 65.9 cm³/mol. The quantitative estimate of drug-likeness (QED) is 0.637. The van der Waals surface area contributed by atoms with Crippen molar-refractivity contribution in [3.05, 3.63) is 0 Å². The first-order chi connectivity index (χ1) is 8.58. The van der Waals surface area contributed by atoms with Gasteiger partial charge in [0.15, 0.2) is 0 Å². The molecule has 1 aliphatic heterocycles. The van der Waals surface area contributed by atoms with E-state index in [4.69, 9.17) is 9.84 Å². The summed E-state index contributed by atoms with van der Waals surface area (Å²) in [6, 6.07) is -0.0642. The standard InChI is InChI=1S/C12H22N2O4/c1-9(3-5-15)13-12(17)10-7-11(16)14(8-10)4-6-18-2/h9-10,15H,3-8H2,1-2H3,(H,13,17). The van der Waals surface area contributed by atoms with Crippen LogP contribution < -0.4 is 5.32 Å². The maximum Gasteiger partial charge on any atom is 0.225 e. The van der Waals surface area contributed by atoms with Crippen LogP contribution >= 0.6 is 0 Å². The number of hydrogen-bond acceptors (Lipinski definition) is 4. The Balaban J connectivity index is 2.39. The van der Waals surface area contributed by atoms with Gasteiger partial charge in [0, 0.05) is 39.3 Å². The van der Waals surface area contributed by atoms with E-state index < -0.39 is 0 Å². The van der Waals surface area contributed by atoms with Crippen molar-refractivity contribution in [2.24, 2.45) is 5.92 Å².